The number of aromatic nitrogens is 3. The molecule has 0 N–H and O–H groups in total. The zero-order valence-electron chi connectivity index (χ0n) is 8.79. The molecule has 1 aliphatic heterocycles. The smallest absolute Gasteiger partial charge is 0.256 e. The largest absolute Gasteiger partial charge is 0.365 e. The van der Waals surface area contributed by atoms with Gasteiger partial charge < -0.3 is 9.26 Å². The number of thiazole rings is 1. The average molecular weight is 237 g/mol. The minimum Gasteiger partial charge on any atom is -0.365 e. The summed E-state index contributed by atoms with van der Waals surface area (Å²) in [5.74, 6) is 1.10. The standard InChI is InChI=1S/C10H11N3O2S/c1-6-2-3-8(14-6)10-12-9(13-15-10)7-4-16-5-11-7/h4-6,8H,2-3H2,1H3/t6-,8-/m1/s1. The maximum atomic E-state index is 5.66. The first-order valence-corrected chi connectivity index (χ1v) is 6.15. The van der Waals surface area contributed by atoms with Crippen molar-refractivity contribution in [1.82, 2.24) is 15.1 Å². The number of rotatable bonds is 2. The number of hydrogen-bond acceptors (Lipinski definition) is 6. The third-order valence-corrected chi connectivity index (χ3v) is 3.20. The van der Waals surface area contributed by atoms with E-state index in [1.807, 2.05) is 5.38 Å². The Morgan fingerprint density at radius 3 is 3.06 bits per heavy atom. The minimum atomic E-state index is -0.0464. The lowest BCUT2D eigenvalue weighted by atomic mass is 10.2. The van der Waals surface area contributed by atoms with Gasteiger partial charge in [-0.2, -0.15) is 4.98 Å². The predicted octanol–water partition coefficient (Wildman–Crippen LogP) is 2.43. The maximum absolute atomic E-state index is 5.66. The zero-order chi connectivity index (χ0) is 11.0. The summed E-state index contributed by atoms with van der Waals surface area (Å²) in [7, 11) is 0. The summed E-state index contributed by atoms with van der Waals surface area (Å²) in [5, 5.41) is 5.80. The van der Waals surface area contributed by atoms with Gasteiger partial charge >= 0.3 is 0 Å². The number of hydrogen-bond donors (Lipinski definition) is 0. The molecule has 0 radical (unpaired) electrons. The van der Waals surface area contributed by atoms with Crippen molar-refractivity contribution in [3.63, 3.8) is 0 Å². The fourth-order valence-corrected chi connectivity index (χ4v) is 2.31. The average Bonchev–Trinajstić information content (AvgIpc) is 2.97. The highest BCUT2D eigenvalue weighted by Crippen LogP contribution is 2.32. The lowest BCUT2D eigenvalue weighted by Crippen LogP contribution is -2.01. The van der Waals surface area contributed by atoms with Crippen LogP contribution < -0.4 is 0 Å². The first-order chi connectivity index (χ1) is 7.83. The fourth-order valence-electron chi connectivity index (χ4n) is 1.78. The van der Waals surface area contributed by atoms with Gasteiger partial charge in [-0.1, -0.05) is 5.16 Å². The normalized spacial score (nSPS) is 25.1. The molecule has 0 bridgehead atoms. The monoisotopic (exact) mass is 237 g/mol. The molecule has 1 fully saturated rings. The topological polar surface area (TPSA) is 61.0 Å². The minimum absolute atomic E-state index is 0.0464. The van der Waals surface area contributed by atoms with E-state index in [0.29, 0.717) is 11.7 Å². The van der Waals surface area contributed by atoms with Crippen molar-refractivity contribution in [2.45, 2.75) is 32.0 Å². The summed E-state index contributed by atoms with van der Waals surface area (Å²) in [4.78, 5) is 8.44. The van der Waals surface area contributed by atoms with Gasteiger partial charge in [-0.25, -0.2) is 4.98 Å². The molecule has 1 saturated heterocycles. The Morgan fingerprint density at radius 2 is 2.38 bits per heavy atom. The van der Waals surface area contributed by atoms with E-state index >= 15 is 0 Å². The Labute approximate surface area is 96.5 Å². The zero-order valence-corrected chi connectivity index (χ0v) is 9.61. The van der Waals surface area contributed by atoms with Crippen molar-refractivity contribution in [2.24, 2.45) is 0 Å². The van der Waals surface area contributed by atoms with Gasteiger partial charge in [0, 0.05) is 5.38 Å². The van der Waals surface area contributed by atoms with Gasteiger partial charge in [0.1, 0.15) is 11.8 Å². The van der Waals surface area contributed by atoms with Crippen LogP contribution in [0.15, 0.2) is 15.4 Å². The molecule has 0 saturated carbocycles. The Bertz CT molecular complexity index is 468. The molecule has 16 heavy (non-hydrogen) atoms. The van der Waals surface area contributed by atoms with Gasteiger partial charge in [-0.15, -0.1) is 11.3 Å². The van der Waals surface area contributed by atoms with Crippen LogP contribution in [0.2, 0.25) is 0 Å². The molecule has 0 amide bonds. The second-order valence-corrected chi connectivity index (χ2v) is 4.56. The Balaban J connectivity index is 1.83. The van der Waals surface area contributed by atoms with Crippen LogP contribution in [0.3, 0.4) is 0 Å². The van der Waals surface area contributed by atoms with Gasteiger partial charge in [0.15, 0.2) is 0 Å². The van der Waals surface area contributed by atoms with Crippen molar-refractivity contribution in [2.75, 3.05) is 0 Å². The predicted molar refractivity (Wildman–Crippen MR) is 57.9 cm³/mol. The summed E-state index contributed by atoms with van der Waals surface area (Å²) >= 11 is 1.51. The van der Waals surface area contributed by atoms with E-state index in [-0.39, 0.29) is 12.2 Å². The van der Waals surface area contributed by atoms with E-state index in [0.717, 1.165) is 18.5 Å². The third-order valence-electron chi connectivity index (χ3n) is 2.61. The summed E-state index contributed by atoms with van der Waals surface area (Å²) < 4.78 is 10.9. The van der Waals surface area contributed by atoms with Crippen LogP contribution in [0, 0.1) is 0 Å². The maximum Gasteiger partial charge on any atom is 0.256 e. The van der Waals surface area contributed by atoms with Crippen LogP contribution in [-0.4, -0.2) is 21.2 Å². The van der Waals surface area contributed by atoms with E-state index in [4.69, 9.17) is 9.26 Å². The van der Waals surface area contributed by atoms with Crippen LogP contribution >= 0.6 is 11.3 Å². The molecule has 0 unspecified atom stereocenters. The molecule has 3 rings (SSSR count). The van der Waals surface area contributed by atoms with E-state index in [1.54, 1.807) is 5.51 Å². The second kappa shape index (κ2) is 3.95. The summed E-state index contributed by atoms with van der Waals surface area (Å²) in [6, 6.07) is 0. The summed E-state index contributed by atoms with van der Waals surface area (Å²) in [5.41, 5.74) is 2.51. The van der Waals surface area contributed by atoms with Crippen LogP contribution in [-0.2, 0) is 4.74 Å². The van der Waals surface area contributed by atoms with Crippen molar-refractivity contribution in [1.29, 1.82) is 0 Å². The van der Waals surface area contributed by atoms with E-state index in [1.165, 1.54) is 11.3 Å². The van der Waals surface area contributed by atoms with Crippen LogP contribution in [0.5, 0.6) is 0 Å². The highest BCUT2D eigenvalue weighted by atomic mass is 32.1. The van der Waals surface area contributed by atoms with E-state index in [2.05, 4.69) is 22.0 Å². The van der Waals surface area contributed by atoms with Gasteiger partial charge in [-0.3, -0.25) is 0 Å². The van der Waals surface area contributed by atoms with Gasteiger partial charge in [0.25, 0.3) is 5.89 Å². The van der Waals surface area contributed by atoms with Crippen molar-refractivity contribution in [3.05, 3.63) is 16.8 Å². The molecular formula is C10H11N3O2S. The molecule has 6 heteroatoms. The van der Waals surface area contributed by atoms with Gasteiger partial charge in [-0.05, 0) is 19.8 Å². The second-order valence-electron chi connectivity index (χ2n) is 3.84. The van der Waals surface area contributed by atoms with Crippen molar-refractivity contribution < 1.29 is 9.26 Å². The van der Waals surface area contributed by atoms with Gasteiger partial charge in [0.05, 0.1) is 11.6 Å². The van der Waals surface area contributed by atoms with Crippen LogP contribution in [0.1, 0.15) is 31.8 Å². The first kappa shape index (κ1) is 9.92. The molecule has 3 heterocycles. The van der Waals surface area contributed by atoms with Gasteiger partial charge in [0.2, 0.25) is 5.82 Å². The molecular weight excluding hydrogens is 226 g/mol. The lowest BCUT2D eigenvalue weighted by Gasteiger charge is -2.04. The molecule has 5 nitrogen and oxygen atoms in total. The van der Waals surface area contributed by atoms with Crippen molar-refractivity contribution in [3.8, 4) is 11.5 Å². The first-order valence-electron chi connectivity index (χ1n) is 5.20. The van der Waals surface area contributed by atoms with E-state index < -0.39 is 0 Å². The molecule has 1 aliphatic rings. The Morgan fingerprint density at radius 1 is 1.44 bits per heavy atom. The molecule has 84 valence electrons. The van der Waals surface area contributed by atoms with E-state index in [9.17, 15) is 0 Å². The summed E-state index contributed by atoms with van der Waals surface area (Å²) in [6.07, 6.45) is 2.22. The highest BCUT2D eigenvalue weighted by Gasteiger charge is 2.28. The SMILES string of the molecule is C[C@@H]1CC[C@H](c2nc(-c3cscn3)no2)O1. The lowest BCUT2D eigenvalue weighted by molar-refractivity contribution is 0.0355. The summed E-state index contributed by atoms with van der Waals surface area (Å²) in [6.45, 7) is 2.05. The molecule has 0 aromatic carbocycles. The van der Waals surface area contributed by atoms with Crippen molar-refractivity contribution >= 4 is 11.3 Å². The highest BCUT2D eigenvalue weighted by molar-refractivity contribution is 7.07. The quantitative estimate of drug-likeness (QED) is 0.802. The molecule has 0 spiro atoms. The Kier molecular flexibility index (Phi) is 2.45. The third kappa shape index (κ3) is 1.74. The fraction of sp³-hybridized carbons (Fsp3) is 0.500. The molecule has 2 aromatic heterocycles. The van der Waals surface area contributed by atoms with Crippen LogP contribution in [0.25, 0.3) is 11.5 Å². The van der Waals surface area contributed by atoms with Crippen LogP contribution in [0.4, 0.5) is 0 Å². The number of nitrogens with zero attached hydrogens (tertiary/aromatic N) is 3. The Hall–Kier alpha value is -1.27. The number of ether oxygens (including phenoxy) is 1. The molecule has 0 aliphatic carbocycles. The molecule has 2 aromatic rings. The molecule has 2 atom stereocenters.